The van der Waals surface area contributed by atoms with Crippen molar-refractivity contribution >= 4 is 17.8 Å². The average molecular weight is 363 g/mol. The molecule has 1 fully saturated rings. The van der Waals surface area contributed by atoms with Crippen LogP contribution in [0.2, 0.25) is 0 Å². The molecule has 2 rings (SSSR count). The summed E-state index contributed by atoms with van der Waals surface area (Å²) in [6.45, 7) is 14.2. The van der Waals surface area contributed by atoms with E-state index in [4.69, 9.17) is 13.9 Å². The van der Waals surface area contributed by atoms with Gasteiger partial charge >= 0.3 is 5.97 Å². The first-order valence-corrected chi connectivity index (χ1v) is 8.90. The van der Waals surface area contributed by atoms with Crippen molar-refractivity contribution in [3.05, 3.63) is 23.4 Å². The molecule has 0 radical (unpaired) electrons. The zero-order chi connectivity index (χ0) is 19.9. The molecule has 0 saturated carbocycles. The summed E-state index contributed by atoms with van der Waals surface area (Å²) in [4.78, 5) is 30.1. The van der Waals surface area contributed by atoms with Crippen LogP contribution in [0.4, 0.5) is 0 Å². The van der Waals surface area contributed by atoms with Crippen LogP contribution in [0, 0.1) is 18.3 Å². The van der Waals surface area contributed by atoms with Crippen LogP contribution in [-0.4, -0.2) is 34.5 Å². The summed E-state index contributed by atoms with van der Waals surface area (Å²) in [5.74, 6) is -0.613. The van der Waals surface area contributed by atoms with Gasteiger partial charge in [0.2, 0.25) is 0 Å². The van der Waals surface area contributed by atoms with E-state index in [1.807, 2.05) is 13.0 Å². The molecular weight excluding hydrogens is 334 g/mol. The van der Waals surface area contributed by atoms with Gasteiger partial charge in [-0.25, -0.2) is 4.98 Å². The molecule has 0 spiro atoms. The topological polar surface area (TPSA) is 78.6 Å². The van der Waals surface area contributed by atoms with Crippen LogP contribution in [-0.2, 0) is 19.1 Å². The van der Waals surface area contributed by atoms with E-state index in [0.717, 1.165) is 5.57 Å². The number of carbonyl (C=O) groups excluding carboxylic acids is 2. The van der Waals surface area contributed by atoms with Crippen molar-refractivity contribution in [1.29, 1.82) is 0 Å². The Bertz CT molecular complexity index is 727. The summed E-state index contributed by atoms with van der Waals surface area (Å²) < 4.78 is 16.8. The molecule has 0 bridgehead atoms. The highest BCUT2D eigenvalue weighted by Crippen LogP contribution is 2.40. The average Bonchev–Trinajstić information content (AvgIpc) is 2.91. The van der Waals surface area contributed by atoms with Crippen molar-refractivity contribution in [3.63, 3.8) is 0 Å². The summed E-state index contributed by atoms with van der Waals surface area (Å²) in [5, 5.41) is 0. The van der Waals surface area contributed by atoms with Crippen molar-refractivity contribution < 1.29 is 23.5 Å². The van der Waals surface area contributed by atoms with Gasteiger partial charge in [0.05, 0.1) is 12.2 Å². The molecule has 4 atom stereocenters. The number of hydrogen-bond acceptors (Lipinski definition) is 6. The minimum atomic E-state index is -1.33. The van der Waals surface area contributed by atoms with E-state index < -0.39 is 35.1 Å². The smallest absolute Gasteiger partial charge is 0.322 e. The number of ether oxygens (including phenoxy) is 2. The highest BCUT2D eigenvalue weighted by molar-refractivity contribution is 6.06. The molecule has 2 heterocycles. The molecule has 6 nitrogen and oxygen atoms in total. The zero-order valence-corrected chi connectivity index (χ0v) is 16.9. The number of rotatable bonds is 3. The molecular formula is C20H29NO5. The third kappa shape index (κ3) is 3.90. The van der Waals surface area contributed by atoms with Gasteiger partial charge in [0.1, 0.15) is 23.0 Å². The Hall–Kier alpha value is -1.95. The second kappa shape index (κ2) is 6.99. The Morgan fingerprint density at radius 3 is 2.46 bits per heavy atom. The fraction of sp³-hybridized carbons (Fsp3) is 0.650. The van der Waals surface area contributed by atoms with E-state index in [0.29, 0.717) is 11.6 Å². The fourth-order valence-electron chi connectivity index (χ4n) is 3.20. The highest BCUT2D eigenvalue weighted by atomic mass is 16.6. The number of nitrogens with zero attached hydrogens (tertiary/aromatic N) is 1. The van der Waals surface area contributed by atoms with E-state index in [1.165, 1.54) is 0 Å². The van der Waals surface area contributed by atoms with Crippen molar-refractivity contribution in [2.45, 2.75) is 73.2 Å². The summed E-state index contributed by atoms with van der Waals surface area (Å²) in [6.07, 6.45) is 2.37. The molecule has 0 N–H and O–H groups in total. The van der Waals surface area contributed by atoms with E-state index >= 15 is 0 Å². The number of Topliss-reactive ketones (excluding diaryl/α,β-unsaturated/α-hetero) is 1. The second-order valence-corrected chi connectivity index (χ2v) is 8.24. The van der Waals surface area contributed by atoms with Crippen molar-refractivity contribution in [1.82, 2.24) is 4.98 Å². The summed E-state index contributed by atoms with van der Waals surface area (Å²) >= 11 is 0. The van der Waals surface area contributed by atoms with Crippen LogP contribution in [0.25, 0.3) is 6.08 Å². The van der Waals surface area contributed by atoms with Gasteiger partial charge in [-0.3, -0.25) is 9.59 Å². The van der Waals surface area contributed by atoms with Crippen molar-refractivity contribution in [3.8, 4) is 0 Å². The Morgan fingerprint density at radius 1 is 1.35 bits per heavy atom. The maximum atomic E-state index is 13.1. The standard InChI is InChI=1S/C20H29NO5/c1-11(9-15-10-24-14(4)21-15)16-12(2)17(22)20(8,13(3)25-16)18(23)26-19(5,6)7/h9-10,12-13,16H,1-8H3/b11-9+/t12-,13+,16-,20+/m0/s1. The van der Waals surface area contributed by atoms with Crippen LogP contribution >= 0.6 is 0 Å². The molecule has 0 aromatic carbocycles. The first-order valence-electron chi connectivity index (χ1n) is 8.90. The number of ketones is 1. The number of hydrogen-bond donors (Lipinski definition) is 0. The Balaban J connectivity index is 2.27. The Labute approximate surface area is 155 Å². The summed E-state index contributed by atoms with van der Waals surface area (Å²) in [6, 6.07) is 0. The number of carbonyl (C=O) groups is 2. The molecule has 1 aliphatic heterocycles. The van der Waals surface area contributed by atoms with E-state index in [2.05, 4.69) is 4.98 Å². The molecule has 26 heavy (non-hydrogen) atoms. The largest absolute Gasteiger partial charge is 0.459 e. The predicted molar refractivity (Wildman–Crippen MR) is 97.3 cm³/mol. The first-order chi connectivity index (χ1) is 11.9. The molecule has 144 valence electrons. The minimum absolute atomic E-state index is 0.167. The number of aromatic nitrogens is 1. The lowest BCUT2D eigenvalue weighted by molar-refractivity contribution is -0.192. The second-order valence-electron chi connectivity index (χ2n) is 8.24. The molecule has 6 heteroatoms. The number of aryl methyl sites for hydroxylation is 1. The van der Waals surface area contributed by atoms with Crippen molar-refractivity contribution in [2.24, 2.45) is 11.3 Å². The molecule has 1 aromatic rings. The van der Waals surface area contributed by atoms with Crippen molar-refractivity contribution in [2.75, 3.05) is 0 Å². The van der Waals surface area contributed by atoms with Gasteiger partial charge in [0, 0.05) is 12.8 Å². The van der Waals surface area contributed by atoms with E-state index in [1.54, 1.807) is 54.7 Å². The maximum Gasteiger partial charge on any atom is 0.322 e. The van der Waals surface area contributed by atoms with Crippen LogP contribution in [0.15, 0.2) is 16.3 Å². The lowest BCUT2D eigenvalue weighted by atomic mass is 9.71. The van der Waals surface area contributed by atoms with E-state index in [9.17, 15) is 9.59 Å². The number of oxazole rings is 1. The monoisotopic (exact) mass is 363 g/mol. The number of esters is 1. The molecule has 0 amide bonds. The Morgan fingerprint density at radius 2 is 1.96 bits per heavy atom. The lowest BCUT2D eigenvalue weighted by Crippen LogP contribution is -2.58. The van der Waals surface area contributed by atoms with Crippen LogP contribution in [0.1, 0.15) is 60.1 Å². The van der Waals surface area contributed by atoms with Crippen LogP contribution < -0.4 is 0 Å². The molecule has 0 unspecified atom stereocenters. The minimum Gasteiger partial charge on any atom is -0.459 e. The summed E-state index contributed by atoms with van der Waals surface area (Å²) in [5.41, 5.74) is -0.456. The van der Waals surface area contributed by atoms with Gasteiger partial charge in [-0.15, -0.1) is 0 Å². The fourth-order valence-corrected chi connectivity index (χ4v) is 3.20. The molecule has 0 aliphatic carbocycles. The van der Waals surface area contributed by atoms with Crippen LogP contribution in [0.5, 0.6) is 0 Å². The SMILES string of the molecule is C/C(=C\c1coc(C)n1)[C@@H]1O[C@H](C)[C@@](C)(C(=O)OC(C)(C)C)C(=O)[C@H]1C. The zero-order valence-electron chi connectivity index (χ0n) is 16.9. The Kier molecular flexibility index (Phi) is 5.47. The van der Waals surface area contributed by atoms with Gasteiger partial charge < -0.3 is 13.9 Å². The van der Waals surface area contributed by atoms with Gasteiger partial charge in [-0.1, -0.05) is 6.92 Å². The quantitative estimate of drug-likeness (QED) is 0.601. The first kappa shape index (κ1) is 20.4. The van der Waals surface area contributed by atoms with Gasteiger partial charge in [0.15, 0.2) is 11.7 Å². The van der Waals surface area contributed by atoms with Gasteiger partial charge in [-0.2, -0.15) is 0 Å². The highest BCUT2D eigenvalue weighted by Gasteiger charge is 2.56. The summed E-state index contributed by atoms with van der Waals surface area (Å²) in [7, 11) is 0. The third-order valence-electron chi connectivity index (χ3n) is 4.83. The maximum absolute atomic E-state index is 13.1. The molecule has 1 saturated heterocycles. The van der Waals surface area contributed by atoms with E-state index in [-0.39, 0.29) is 5.78 Å². The van der Waals surface area contributed by atoms with Gasteiger partial charge in [-0.05, 0) is 53.2 Å². The third-order valence-corrected chi connectivity index (χ3v) is 4.83. The van der Waals surface area contributed by atoms with Gasteiger partial charge in [0.25, 0.3) is 0 Å². The normalized spacial score (nSPS) is 30.4. The van der Waals surface area contributed by atoms with Crippen LogP contribution in [0.3, 0.4) is 0 Å². The predicted octanol–water partition coefficient (Wildman–Crippen LogP) is 3.73. The molecule has 1 aromatic heterocycles. The lowest BCUT2D eigenvalue weighted by Gasteiger charge is -2.44. The molecule has 1 aliphatic rings.